The van der Waals surface area contributed by atoms with Gasteiger partial charge in [0.25, 0.3) is 0 Å². The molecule has 5 heteroatoms. The molecule has 0 radical (unpaired) electrons. The van der Waals surface area contributed by atoms with Crippen LogP contribution in [0, 0.1) is 0 Å². The zero-order chi connectivity index (χ0) is 15.5. The number of benzene rings is 2. The highest BCUT2D eigenvalue weighted by molar-refractivity contribution is 5.73. The van der Waals surface area contributed by atoms with Gasteiger partial charge in [-0.25, -0.2) is 9.97 Å². The Kier molecular flexibility index (Phi) is 3.62. The van der Waals surface area contributed by atoms with Gasteiger partial charge in [-0.2, -0.15) is 0 Å². The Morgan fingerprint density at radius 2 is 1.73 bits per heavy atom. The fourth-order valence-corrected chi connectivity index (χ4v) is 2.22. The highest BCUT2D eigenvalue weighted by atomic mass is 16.5. The van der Waals surface area contributed by atoms with Crippen molar-refractivity contribution in [3.63, 3.8) is 0 Å². The van der Waals surface area contributed by atoms with Crippen molar-refractivity contribution >= 4 is 5.95 Å². The number of aromatic hydroxyl groups is 1. The lowest BCUT2D eigenvalue weighted by Crippen LogP contribution is -1.99. The number of aromatic nitrogens is 2. The van der Waals surface area contributed by atoms with Gasteiger partial charge in [-0.1, -0.05) is 24.3 Å². The number of phenolic OH excluding ortho intramolecular Hbond substituents is 1. The number of nitrogens with zero attached hydrogens (tertiary/aromatic N) is 2. The summed E-state index contributed by atoms with van der Waals surface area (Å²) in [6, 6.07) is 16.3. The third-order valence-electron chi connectivity index (χ3n) is 3.29. The summed E-state index contributed by atoms with van der Waals surface area (Å²) >= 11 is 0. The number of rotatable bonds is 3. The quantitative estimate of drug-likeness (QED) is 0.775. The molecule has 1 heterocycles. The molecule has 3 N–H and O–H groups in total. The number of nitrogens with two attached hydrogens (primary N) is 1. The van der Waals surface area contributed by atoms with Crippen molar-refractivity contribution in [1.29, 1.82) is 0 Å². The molecule has 0 unspecified atom stereocenters. The molecule has 5 nitrogen and oxygen atoms in total. The molecule has 0 bridgehead atoms. The molecule has 110 valence electrons. The molecular weight excluding hydrogens is 278 g/mol. The molecule has 0 spiro atoms. The van der Waals surface area contributed by atoms with E-state index in [9.17, 15) is 5.11 Å². The Bertz CT molecular complexity index is 819. The lowest BCUT2D eigenvalue weighted by atomic mass is 10.1. The van der Waals surface area contributed by atoms with E-state index in [1.54, 1.807) is 31.4 Å². The maximum atomic E-state index is 9.98. The summed E-state index contributed by atoms with van der Waals surface area (Å²) in [5.74, 6) is 1.04. The van der Waals surface area contributed by atoms with Crippen molar-refractivity contribution in [1.82, 2.24) is 9.97 Å². The van der Waals surface area contributed by atoms with Crippen molar-refractivity contribution < 1.29 is 9.84 Å². The number of phenols is 1. The average molecular weight is 293 g/mol. The molecule has 0 saturated heterocycles. The summed E-state index contributed by atoms with van der Waals surface area (Å²) < 4.78 is 5.23. The molecule has 0 saturated carbocycles. The molecule has 3 aromatic rings. The van der Waals surface area contributed by atoms with Crippen LogP contribution in [0.1, 0.15) is 0 Å². The van der Waals surface area contributed by atoms with Crippen LogP contribution < -0.4 is 10.5 Å². The Balaban J connectivity index is 2.12. The van der Waals surface area contributed by atoms with E-state index in [1.807, 2.05) is 30.3 Å². The molecule has 3 rings (SSSR count). The number of anilines is 1. The number of hydrogen-bond donors (Lipinski definition) is 2. The smallest absolute Gasteiger partial charge is 0.221 e. The topological polar surface area (TPSA) is 81.3 Å². The second kappa shape index (κ2) is 5.73. The van der Waals surface area contributed by atoms with Gasteiger partial charge in [-0.05, 0) is 30.3 Å². The Labute approximate surface area is 128 Å². The highest BCUT2D eigenvalue weighted by Gasteiger charge is 2.10. The van der Waals surface area contributed by atoms with Crippen LogP contribution in [-0.2, 0) is 0 Å². The monoisotopic (exact) mass is 293 g/mol. The molecule has 0 atom stereocenters. The third-order valence-corrected chi connectivity index (χ3v) is 3.29. The number of nitrogen functional groups attached to an aromatic ring is 1. The van der Waals surface area contributed by atoms with Crippen LogP contribution in [0.3, 0.4) is 0 Å². The van der Waals surface area contributed by atoms with Gasteiger partial charge < -0.3 is 15.6 Å². The lowest BCUT2D eigenvalue weighted by molar-refractivity contribution is 0.415. The molecule has 0 amide bonds. The minimum atomic E-state index is 0.150. The van der Waals surface area contributed by atoms with Crippen LogP contribution in [0.25, 0.3) is 22.5 Å². The van der Waals surface area contributed by atoms with Crippen molar-refractivity contribution in [3.05, 3.63) is 54.6 Å². The lowest BCUT2D eigenvalue weighted by Gasteiger charge is -2.08. The van der Waals surface area contributed by atoms with Crippen LogP contribution in [0.4, 0.5) is 5.95 Å². The number of para-hydroxylation sites is 1. The van der Waals surface area contributed by atoms with Crippen molar-refractivity contribution in [2.45, 2.75) is 0 Å². The Morgan fingerprint density at radius 3 is 2.50 bits per heavy atom. The van der Waals surface area contributed by atoms with E-state index in [1.165, 1.54) is 0 Å². The molecule has 0 aliphatic rings. The molecule has 0 aliphatic heterocycles. The molecule has 0 aliphatic carbocycles. The summed E-state index contributed by atoms with van der Waals surface area (Å²) in [6.45, 7) is 0. The molecular formula is C17H15N3O2. The van der Waals surface area contributed by atoms with Crippen LogP contribution in [0.15, 0.2) is 54.6 Å². The number of methoxy groups -OCH3 is 1. The summed E-state index contributed by atoms with van der Waals surface area (Å²) in [4.78, 5) is 8.47. The average Bonchev–Trinajstić information content (AvgIpc) is 2.55. The summed E-state index contributed by atoms with van der Waals surface area (Å²) in [5.41, 5.74) is 8.54. The Morgan fingerprint density at radius 1 is 0.955 bits per heavy atom. The van der Waals surface area contributed by atoms with E-state index in [2.05, 4.69) is 9.97 Å². The second-order valence-electron chi connectivity index (χ2n) is 4.75. The fourth-order valence-electron chi connectivity index (χ4n) is 2.22. The molecule has 1 aromatic heterocycles. The van der Waals surface area contributed by atoms with Gasteiger partial charge >= 0.3 is 0 Å². The zero-order valence-electron chi connectivity index (χ0n) is 12.0. The first-order chi connectivity index (χ1) is 10.7. The normalized spacial score (nSPS) is 10.4. The standard InChI is InChI=1S/C17H15N3O2/c1-22-12-6-4-5-11(9-12)14-10-15(20-17(18)19-14)13-7-2-3-8-16(13)21/h2-10,21H,1H3,(H2,18,19,20). The number of hydrogen-bond acceptors (Lipinski definition) is 5. The van der Waals surface area contributed by atoms with Gasteiger partial charge in [0.05, 0.1) is 18.5 Å². The van der Waals surface area contributed by atoms with Gasteiger partial charge in [0.1, 0.15) is 11.5 Å². The predicted molar refractivity (Wildman–Crippen MR) is 85.5 cm³/mol. The van der Waals surface area contributed by atoms with Gasteiger partial charge in [0.15, 0.2) is 0 Å². The maximum absolute atomic E-state index is 9.98. The number of ether oxygens (including phenoxy) is 1. The van der Waals surface area contributed by atoms with E-state index in [4.69, 9.17) is 10.5 Å². The molecule has 0 fully saturated rings. The highest BCUT2D eigenvalue weighted by Crippen LogP contribution is 2.31. The van der Waals surface area contributed by atoms with E-state index in [0.29, 0.717) is 17.0 Å². The largest absolute Gasteiger partial charge is 0.507 e. The predicted octanol–water partition coefficient (Wildman–Crippen LogP) is 3.11. The van der Waals surface area contributed by atoms with Gasteiger partial charge in [0, 0.05) is 11.1 Å². The first-order valence-corrected chi connectivity index (χ1v) is 6.75. The second-order valence-corrected chi connectivity index (χ2v) is 4.75. The first kappa shape index (κ1) is 13.9. The van der Waals surface area contributed by atoms with E-state index >= 15 is 0 Å². The molecule has 22 heavy (non-hydrogen) atoms. The van der Waals surface area contributed by atoms with E-state index < -0.39 is 0 Å². The minimum absolute atomic E-state index is 0.150. The van der Waals surface area contributed by atoms with Crippen LogP contribution in [-0.4, -0.2) is 22.2 Å². The summed E-state index contributed by atoms with van der Waals surface area (Å²) in [6.07, 6.45) is 0. The SMILES string of the molecule is COc1cccc(-c2cc(-c3ccccc3O)nc(N)n2)c1. The first-order valence-electron chi connectivity index (χ1n) is 6.75. The van der Waals surface area contributed by atoms with E-state index in [-0.39, 0.29) is 11.7 Å². The third kappa shape index (κ3) is 2.69. The maximum Gasteiger partial charge on any atom is 0.221 e. The van der Waals surface area contributed by atoms with Crippen molar-refractivity contribution in [2.24, 2.45) is 0 Å². The van der Waals surface area contributed by atoms with Gasteiger partial charge in [-0.3, -0.25) is 0 Å². The molecule has 2 aromatic carbocycles. The van der Waals surface area contributed by atoms with E-state index in [0.717, 1.165) is 11.3 Å². The summed E-state index contributed by atoms with van der Waals surface area (Å²) in [7, 11) is 1.61. The van der Waals surface area contributed by atoms with Crippen molar-refractivity contribution in [3.8, 4) is 34.0 Å². The van der Waals surface area contributed by atoms with Crippen LogP contribution in [0.5, 0.6) is 11.5 Å². The van der Waals surface area contributed by atoms with Crippen LogP contribution >= 0.6 is 0 Å². The van der Waals surface area contributed by atoms with Gasteiger partial charge in [0.2, 0.25) is 5.95 Å². The minimum Gasteiger partial charge on any atom is -0.507 e. The van der Waals surface area contributed by atoms with Crippen LogP contribution in [0.2, 0.25) is 0 Å². The van der Waals surface area contributed by atoms with Crippen molar-refractivity contribution in [2.75, 3.05) is 12.8 Å². The Hall–Kier alpha value is -3.08. The zero-order valence-corrected chi connectivity index (χ0v) is 12.0. The summed E-state index contributed by atoms with van der Waals surface area (Å²) in [5, 5.41) is 9.98. The van der Waals surface area contributed by atoms with Gasteiger partial charge in [-0.15, -0.1) is 0 Å². The fraction of sp³-hybridized carbons (Fsp3) is 0.0588.